The summed E-state index contributed by atoms with van der Waals surface area (Å²) in [6.45, 7) is 1.83. The van der Waals surface area contributed by atoms with Crippen molar-refractivity contribution in [1.29, 1.82) is 0 Å². The van der Waals surface area contributed by atoms with Crippen molar-refractivity contribution in [3.05, 3.63) is 42.1 Å². The van der Waals surface area contributed by atoms with Crippen LogP contribution < -0.4 is 10.2 Å². The zero-order valence-corrected chi connectivity index (χ0v) is 16.8. The maximum absolute atomic E-state index is 12.5. The Morgan fingerprint density at radius 2 is 2.03 bits per heavy atom. The molecule has 8 nitrogen and oxygen atoms in total. The first-order valence-corrected chi connectivity index (χ1v) is 9.77. The highest BCUT2D eigenvalue weighted by molar-refractivity contribution is 6.05. The predicted octanol–water partition coefficient (Wildman–Crippen LogP) is 1.93. The quantitative estimate of drug-likeness (QED) is 0.577. The number of likely N-dealkylation sites (N-methyl/N-ethyl adjacent to an activating group) is 1. The molecule has 4 heterocycles. The van der Waals surface area contributed by atoms with Gasteiger partial charge in [-0.15, -0.1) is 0 Å². The van der Waals surface area contributed by atoms with E-state index in [4.69, 9.17) is 9.97 Å². The fraction of sp³-hybridized carbons (Fsp3) is 0.333. The molecule has 1 N–H and O–H groups in total. The van der Waals surface area contributed by atoms with Crippen LogP contribution in [-0.2, 0) is 0 Å². The molecule has 1 unspecified atom stereocenters. The number of aromatic nitrogens is 4. The zero-order valence-electron chi connectivity index (χ0n) is 16.8. The zero-order chi connectivity index (χ0) is 20.1. The molecular weight excluding hydrogens is 366 g/mol. The molecule has 1 amide bonds. The first kappa shape index (κ1) is 17.8. The molecule has 148 valence electrons. The number of para-hydroxylation sites is 2. The summed E-state index contributed by atoms with van der Waals surface area (Å²) in [4.78, 5) is 31.2. The van der Waals surface area contributed by atoms with Crippen molar-refractivity contribution in [2.75, 3.05) is 39.1 Å². The summed E-state index contributed by atoms with van der Waals surface area (Å²) in [6.07, 6.45) is 2.90. The summed E-state index contributed by atoms with van der Waals surface area (Å²) < 4.78 is 1.97. The third-order valence-corrected chi connectivity index (χ3v) is 5.74. The second-order valence-corrected chi connectivity index (χ2v) is 7.70. The van der Waals surface area contributed by atoms with Gasteiger partial charge in [0.25, 0.3) is 5.91 Å². The topological polar surface area (TPSA) is 78.7 Å². The summed E-state index contributed by atoms with van der Waals surface area (Å²) in [5.74, 6) is 0.540. The van der Waals surface area contributed by atoms with Crippen LogP contribution >= 0.6 is 0 Å². The van der Waals surface area contributed by atoms with Crippen LogP contribution in [0.2, 0.25) is 0 Å². The molecule has 0 bridgehead atoms. The highest BCUT2D eigenvalue weighted by Gasteiger charge is 2.26. The number of carbonyl (C=O) groups excluding carboxylic acids is 1. The van der Waals surface area contributed by atoms with E-state index in [-0.39, 0.29) is 5.91 Å². The third kappa shape index (κ3) is 2.79. The van der Waals surface area contributed by atoms with Crippen LogP contribution in [0, 0.1) is 0 Å². The standard InChI is InChI=1S/C21H23N7O/c1-22-20(29)15-10-13-11-23-21(27-9-8-14(12-27)26(2)3)25-18(13)28-17-7-5-4-6-16(17)24-19(15)28/h4-7,10-11,14H,8-9,12H2,1-3H3,(H,22,29). The van der Waals surface area contributed by atoms with Crippen molar-refractivity contribution >= 4 is 39.6 Å². The van der Waals surface area contributed by atoms with Crippen LogP contribution in [0.3, 0.4) is 0 Å². The molecule has 1 aliphatic rings. The van der Waals surface area contributed by atoms with Crippen LogP contribution in [0.15, 0.2) is 36.5 Å². The Labute approximate surface area is 168 Å². The molecule has 0 radical (unpaired) electrons. The average Bonchev–Trinajstić information content (AvgIpc) is 3.37. The van der Waals surface area contributed by atoms with Gasteiger partial charge in [-0.25, -0.2) is 9.97 Å². The number of imidazole rings is 1. The van der Waals surface area contributed by atoms with E-state index in [1.807, 2.05) is 34.7 Å². The number of amides is 1. The van der Waals surface area contributed by atoms with E-state index in [0.29, 0.717) is 23.2 Å². The number of fused-ring (bicyclic) bond motifs is 5. The Morgan fingerprint density at radius 1 is 1.21 bits per heavy atom. The Morgan fingerprint density at radius 3 is 2.79 bits per heavy atom. The predicted molar refractivity (Wildman–Crippen MR) is 113 cm³/mol. The lowest BCUT2D eigenvalue weighted by Gasteiger charge is -2.20. The van der Waals surface area contributed by atoms with Crippen molar-refractivity contribution in [3.8, 4) is 0 Å². The second kappa shape index (κ2) is 6.66. The van der Waals surface area contributed by atoms with Gasteiger partial charge in [0.1, 0.15) is 0 Å². The molecular formula is C21H23N7O. The SMILES string of the molecule is CNC(=O)c1cc2cnc(N3CCC(N(C)C)C3)nc2n2c1nc1ccccc12. The molecule has 1 fully saturated rings. The number of pyridine rings is 1. The summed E-state index contributed by atoms with van der Waals surface area (Å²) >= 11 is 0. The Kier molecular flexibility index (Phi) is 4.09. The smallest absolute Gasteiger partial charge is 0.254 e. The van der Waals surface area contributed by atoms with E-state index in [2.05, 4.69) is 34.2 Å². The molecule has 0 aliphatic carbocycles. The van der Waals surface area contributed by atoms with Crippen LogP contribution in [-0.4, -0.2) is 70.4 Å². The number of hydrogen-bond acceptors (Lipinski definition) is 6. The minimum absolute atomic E-state index is 0.176. The highest BCUT2D eigenvalue weighted by atomic mass is 16.1. The van der Waals surface area contributed by atoms with E-state index in [9.17, 15) is 4.79 Å². The van der Waals surface area contributed by atoms with E-state index in [1.54, 1.807) is 13.2 Å². The largest absolute Gasteiger partial charge is 0.355 e. The number of carbonyl (C=O) groups is 1. The van der Waals surface area contributed by atoms with E-state index in [0.717, 1.165) is 41.6 Å². The highest BCUT2D eigenvalue weighted by Crippen LogP contribution is 2.27. The molecule has 1 atom stereocenters. The number of anilines is 1. The molecule has 29 heavy (non-hydrogen) atoms. The summed E-state index contributed by atoms with van der Waals surface area (Å²) in [7, 11) is 5.84. The fourth-order valence-corrected chi connectivity index (χ4v) is 4.09. The first-order valence-electron chi connectivity index (χ1n) is 9.77. The lowest BCUT2D eigenvalue weighted by atomic mass is 10.2. The third-order valence-electron chi connectivity index (χ3n) is 5.74. The molecule has 0 spiro atoms. The number of rotatable bonds is 3. The normalized spacial score (nSPS) is 17.1. The van der Waals surface area contributed by atoms with E-state index < -0.39 is 0 Å². The van der Waals surface area contributed by atoms with Crippen molar-refractivity contribution in [2.24, 2.45) is 0 Å². The number of hydrogen-bond donors (Lipinski definition) is 1. The molecule has 0 saturated carbocycles. The van der Waals surface area contributed by atoms with Gasteiger partial charge >= 0.3 is 0 Å². The Hall–Kier alpha value is -3.26. The Balaban J connectivity index is 1.75. The minimum Gasteiger partial charge on any atom is -0.355 e. The van der Waals surface area contributed by atoms with Gasteiger partial charge in [0.2, 0.25) is 5.95 Å². The fourth-order valence-electron chi connectivity index (χ4n) is 4.09. The monoisotopic (exact) mass is 389 g/mol. The van der Waals surface area contributed by atoms with Gasteiger partial charge in [-0.05, 0) is 38.7 Å². The average molecular weight is 389 g/mol. The van der Waals surface area contributed by atoms with Crippen molar-refractivity contribution < 1.29 is 4.79 Å². The minimum atomic E-state index is -0.176. The molecule has 1 saturated heterocycles. The summed E-state index contributed by atoms with van der Waals surface area (Å²) in [5, 5.41) is 3.52. The van der Waals surface area contributed by atoms with Gasteiger partial charge < -0.3 is 15.1 Å². The van der Waals surface area contributed by atoms with Crippen molar-refractivity contribution in [2.45, 2.75) is 12.5 Å². The van der Waals surface area contributed by atoms with Gasteiger partial charge in [0, 0.05) is 37.8 Å². The molecule has 1 aromatic carbocycles. The van der Waals surface area contributed by atoms with Crippen molar-refractivity contribution in [1.82, 2.24) is 29.6 Å². The lowest BCUT2D eigenvalue weighted by molar-refractivity contribution is 0.0964. The number of nitrogens with zero attached hydrogens (tertiary/aromatic N) is 6. The summed E-state index contributed by atoms with van der Waals surface area (Å²) in [5.41, 5.74) is 3.64. The molecule has 4 aromatic rings. The maximum atomic E-state index is 12.5. The van der Waals surface area contributed by atoms with Crippen LogP contribution in [0.5, 0.6) is 0 Å². The van der Waals surface area contributed by atoms with Gasteiger partial charge in [-0.2, -0.15) is 4.98 Å². The molecule has 3 aromatic heterocycles. The number of benzene rings is 1. The van der Waals surface area contributed by atoms with Gasteiger partial charge in [-0.1, -0.05) is 12.1 Å². The van der Waals surface area contributed by atoms with Crippen molar-refractivity contribution in [3.63, 3.8) is 0 Å². The van der Waals surface area contributed by atoms with Crippen LogP contribution in [0.4, 0.5) is 5.95 Å². The first-order chi connectivity index (χ1) is 14.1. The lowest BCUT2D eigenvalue weighted by Crippen LogP contribution is -2.32. The number of nitrogens with one attached hydrogen (secondary N) is 1. The van der Waals surface area contributed by atoms with E-state index >= 15 is 0 Å². The molecule has 8 heteroatoms. The van der Waals surface area contributed by atoms with Gasteiger partial charge in [0.05, 0.1) is 16.6 Å². The summed E-state index contributed by atoms with van der Waals surface area (Å²) in [6, 6.07) is 10.2. The second-order valence-electron chi connectivity index (χ2n) is 7.70. The Bertz CT molecular complexity index is 1250. The van der Waals surface area contributed by atoms with E-state index in [1.165, 1.54) is 0 Å². The maximum Gasteiger partial charge on any atom is 0.254 e. The van der Waals surface area contributed by atoms with Crippen LogP contribution in [0.25, 0.3) is 27.7 Å². The van der Waals surface area contributed by atoms with Gasteiger partial charge in [0.15, 0.2) is 11.3 Å². The van der Waals surface area contributed by atoms with Gasteiger partial charge in [-0.3, -0.25) is 9.20 Å². The van der Waals surface area contributed by atoms with Crippen LogP contribution in [0.1, 0.15) is 16.8 Å². The molecule has 1 aliphatic heterocycles. The molecule has 5 rings (SSSR count).